The van der Waals surface area contributed by atoms with Crippen molar-refractivity contribution in [2.75, 3.05) is 20.4 Å². The first kappa shape index (κ1) is 21.5. The first-order valence-electron chi connectivity index (χ1n) is 10.9. The number of fused-ring (bicyclic) bond motifs is 1. The molecule has 0 aliphatic carbocycles. The normalized spacial score (nSPS) is 11.1. The van der Waals surface area contributed by atoms with E-state index in [1.807, 2.05) is 72.2 Å². The molecular weight excluding hydrogens is 434 g/mol. The van der Waals surface area contributed by atoms with Gasteiger partial charge < -0.3 is 14.2 Å². The van der Waals surface area contributed by atoms with Crippen LogP contribution >= 0.6 is 0 Å². The standard InChI is InChI=1S/C24H25N7O3/c1-17-7-5-8-18(15-17)33-16-25-13-11-21-27-28-23-22(30-14-6-12-26-30)24(29-31(21)23)34-20-10-4-3-9-19(20)32-2/h3-10,12,14-15,25,29H,11,13,16H2,1-2H3. The summed E-state index contributed by atoms with van der Waals surface area (Å²) in [5.74, 6) is 3.27. The predicted molar refractivity (Wildman–Crippen MR) is 126 cm³/mol. The summed E-state index contributed by atoms with van der Waals surface area (Å²) in [5.41, 5.74) is 2.43. The van der Waals surface area contributed by atoms with Gasteiger partial charge in [-0.15, -0.1) is 10.2 Å². The quantitative estimate of drug-likeness (QED) is 0.243. The first-order valence-corrected chi connectivity index (χ1v) is 10.9. The topological polar surface area (TPSA) is 104 Å². The van der Waals surface area contributed by atoms with E-state index in [4.69, 9.17) is 14.2 Å². The van der Waals surface area contributed by atoms with Gasteiger partial charge in [-0.25, -0.2) is 9.20 Å². The molecular formula is C24H25N7O3. The number of hydrogen-bond donors (Lipinski definition) is 2. The number of H-pyrrole nitrogens is 1. The number of rotatable bonds is 10. The Balaban J connectivity index is 1.33. The third-order valence-corrected chi connectivity index (χ3v) is 5.24. The van der Waals surface area contributed by atoms with Crippen LogP contribution in [0.4, 0.5) is 0 Å². The van der Waals surface area contributed by atoms with Crippen molar-refractivity contribution in [3.63, 3.8) is 0 Å². The van der Waals surface area contributed by atoms with Crippen LogP contribution in [-0.2, 0) is 6.42 Å². The molecule has 5 rings (SSSR count). The van der Waals surface area contributed by atoms with Gasteiger partial charge in [0, 0.05) is 25.4 Å². The summed E-state index contributed by atoms with van der Waals surface area (Å²) in [5, 5.41) is 19.6. The molecule has 5 aromatic rings. The minimum atomic E-state index is 0.400. The molecule has 0 saturated heterocycles. The number of methoxy groups -OCH3 is 1. The van der Waals surface area contributed by atoms with E-state index < -0.39 is 0 Å². The van der Waals surface area contributed by atoms with Crippen LogP contribution in [0.5, 0.6) is 23.1 Å². The maximum Gasteiger partial charge on any atom is 0.242 e. The van der Waals surface area contributed by atoms with Crippen LogP contribution < -0.4 is 19.5 Å². The van der Waals surface area contributed by atoms with Gasteiger partial charge in [-0.3, -0.25) is 10.4 Å². The van der Waals surface area contributed by atoms with Crippen molar-refractivity contribution >= 4 is 5.65 Å². The molecule has 0 bridgehead atoms. The number of para-hydroxylation sites is 2. The van der Waals surface area contributed by atoms with Crippen LogP contribution in [0.2, 0.25) is 0 Å². The SMILES string of the molecule is COc1ccccc1Oc1[nH]n2c(CCNCOc3cccc(C)c3)nnc2c1-n1cccn1. The zero-order valence-electron chi connectivity index (χ0n) is 18.9. The average Bonchev–Trinajstić information content (AvgIpc) is 3.57. The molecule has 34 heavy (non-hydrogen) atoms. The monoisotopic (exact) mass is 459 g/mol. The van der Waals surface area contributed by atoms with Gasteiger partial charge >= 0.3 is 0 Å². The van der Waals surface area contributed by atoms with Crippen LogP contribution in [0, 0.1) is 6.92 Å². The number of aromatic nitrogens is 6. The molecule has 0 amide bonds. The lowest BCUT2D eigenvalue weighted by Crippen LogP contribution is -2.23. The third kappa shape index (κ3) is 4.44. The van der Waals surface area contributed by atoms with E-state index >= 15 is 0 Å². The molecule has 0 aliphatic heterocycles. The number of ether oxygens (including phenoxy) is 3. The van der Waals surface area contributed by atoms with Gasteiger partial charge in [-0.2, -0.15) is 5.10 Å². The smallest absolute Gasteiger partial charge is 0.242 e. The fourth-order valence-corrected chi connectivity index (χ4v) is 3.61. The van der Waals surface area contributed by atoms with Crippen LogP contribution in [0.25, 0.3) is 11.3 Å². The number of aromatic amines is 1. The van der Waals surface area contributed by atoms with Gasteiger partial charge in [0.05, 0.1) is 7.11 Å². The molecule has 0 unspecified atom stereocenters. The summed E-state index contributed by atoms with van der Waals surface area (Å²) in [7, 11) is 1.61. The van der Waals surface area contributed by atoms with Crippen molar-refractivity contribution in [1.82, 2.24) is 34.9 Å². The predicted octanol–water partition coefficient (Wildman–Crippen LogP) is 3.52. The lowest BCUT2D eigenvalue weighted by atomic mass is 10.2. The Labute approximate surface area is 196 Å². The van der Waals surface area contributed by atoms with Gasteiger partial charge in [0.25, 0.3) is 0 Å². The van der Waals surface area contributed by atoms with Gasteiger partial charge in [0.2, 0.25) is 11.5 Å². The Morgan fingerprint density at radius 3 is 2.71 bits per heavy atom. The maximum absolute atomic E-state index is 6.19. The van der Waals surface area contributed by atoms with Gasteiger partial charge in [-0.05, 0) is 42.8 Å². The molecule has 3 aromatic heterocycles. The molecule has 0 radical (unpaired) electrons. The molecule has 0 fully saturated rings. The number of benzene rings is 2. The molecule has 174 valence electrons. The summed E-state index contributed by atoms with van der Waals surface area (Å²) in [6.45, 7) is 3.10. The van der Waals surface area contributed by atoms with Crippen molar-refractivity contribution < 1.29 is 14.2 Å². The maximum atomic E-state index is 6.19. The minimum Gasteiger partial charge on any atom is -0.493 e. The average molecular weight is 460 g/mol. The van der Waals surface area contributed by atoms with E-state index in [2.05, 4.69) is 25.7 Å². The highest BCUT2D eigenvalue weighted by Gasteiger charge is 2.22. The zero-order chi connectivity index (χ0) is 23.3. The minimum absolute atomic E-state index is 0.400. The van der Waals surface area contributed by atoms with E-state index in [0.29, 0.717) is 48.4 Å². The van der Waals surface area contributed by atoms with Crippen molar-refractivity contribution in [3.8, 4) is 28.8 Å². The summed E-state index contributed by atoms with van der Waals surface area (Å²) < 4.78 is 20.9. The number of nitrogens with one attached hydrogen (secondary N) is 2. The van der Waals surface area contributed by atoms with Crippen molar-refractivity contribution in [2.24, 2.45) is 0 Å². The Morgan fingerprint density at radius 1 is 1.03 bits per heavy atom. The Hall–Kier alpha value is -4.31. The van der Waals surface area contributed by atoms with Crippen molar-refractivity contribution in [3.05, 3.63) is 78.4 Å². The second kappa shape index (κ2) is 9.67. The highest BCUT2D eigenvalue weighted by atomic mass is 16.5. The Kier molecular flexibility index (Phi) is 6.13. The van der Waals surface area contributed by atoms with E-state index in [1.54, 1.807) is 18.0 Å². The summed E-state index contributed by atoms with van der Waals surface area (Å²) in [6.07, 6.45) is 4.16. The van der Waals surface area contributed by atoms with Crippen LogP contribution in [0.15, 0.2) is 67.0 Å². The van der Waals surface area contributed by atoms with Crippen LogP contribution in [0.1, 0.15) is 11.4 Å². The Morgan fingerprint density at radius 2 is 1.91 bits per heavy atom. The number of aryl methyl sites for hydroxylation is 1. The number of nitrogens with zero attached hydrogens (tertiary/aromatic N) is 5. The van der Waals surface area contributed by atoms with Gasteiger partial charge in [-0.1, -0.05) is 24.3 Å². The molecule has 2 aromatic carbocycles. The van der Waals surface area contributed by atoms with E-state index in [9.17, 15) is 0 Å². The molecule has 10 nitrogen and oxygen atoms in total. The van der Waals surface area contributed by atoms with Crippen LogP contribution in [0.3, 0.4) is 0 Å². The van der Waals surface area contributed by atoms with Gasteiger partial charge in [0.1, 0.15) is 12.5 Å². The Bertz CT molecular complexity index is 1370. The van der Waals surface area contributed by atoms with Crippen molar-refractivity contribution in [1.29, 1.82) is 0 Å². The van der Waals surface area contributed by atoms with Gasteiger partial charge in [0.15, 0.2) is 23.0 Å². The first-order chi connectivity index (χ1) is 16.7. The number of hydrogen-bond acceptors (Lipinski definition) is 7. The molecule has 0 atom stereocenters. The van der Waals surface area contributed by atoms with E-state index in [1.165, 1.54) is 0 Å². The second-order valence-corrected chi connectivity index (χ2v) is 7.62. The lowest BCUT2D eigenvalue weighted by Gasteiger charge is -2.09. The second-order valence-electron chi connectivity index (χ2n) is 7.62. The summed E-state index contributed by atoms with van der Waals surface area (Å²) >= 11 is 0. The molecule has 10 heteroatoms. The molecule has 0 saturated carbocycles. The van der Waals surface area contributed by atoms with Crippen LogP contribution in [-0.4, -0.2) is 50.0 Å². The van der Waals surface area contributed by atoms with Crippen molar-refractivity contribution in [2.45, 2.75) is 13.3 Å². The summed E-state index contributed by atoms with van der Waals surface area (Å²) in [4.78, 5) is 0. The fourth-order valence-electron chi connectivity index (χ4n) is 3.61. The largest absolute Gasteiger partial charge is 0.493 e. The van der Waals surface area contributed by atoms with E-state index in [0.717, 1.165) is 17.1 Å². The molecule has 0 aliphatic rings. The highest BCUT2D eigenvalue weighted by Crippen LogP contribution is 2.34. The molecule has 0 spiro atoms. The lowest BCUT2D eigenvalue weighted by molar-refractivity contribution is 0.284. The zero-order valence-corrected chi connectivity index (χ0v) is 18.9. The summed E-state index contributed by atoms with van der Waals surface area (Å²) in [6, 6.07) is 17.3. The molecule has 3 heterocycles. The fraction of sp³-hybridized carbons (Fsp3) is 0.208. The highest BCUT2D eigenvalue weighted by molar-refractivity contribution is 5.65. The van der Waals surface area contributed by atoms with E-state index in [-0.39, 0.29) is 0 Å². The molecule has 2 N–H and O–H groups in total. The third-order valence-electron chi connectivity index (χ3n) is 5.24.